The number of hydrogen-bond acceptors (Lipinski definition) is 6. The van der Waals surface area contributed by atoms with Gasteiger partial charge in [-0.15, -0.1) is 0 Å². The molecule has 3 N–H and O–H groups in total. The number of aryl methyl sites for hydroxylation is 1. The van der Waals surface area contributed by atoms with Crippen LogP contribution in [0, 0.1) is 0 Å². The molecule has 1 amide bonds. The molecule has 3 aromatic carbocycles. The normalized spacial score (nSPS) is 14.0. The van der Waals surface area contributed by atoms with Crippen LogP contribution >= 0.6 is 15.9 Å². The van der Waals surface area contributed by atoms with Gasteiger partial charge < -0.3 is 20.6 Å². The van der Waals surface area contributed by atoms with Gasteiger partial charge in [0.05, 0.1) is 28.9 Å². The SMILES string of the molecule is CN(C)CCCN(c1ccc(NC(=C2C(=O)Nc3cc(Br)ccc32)c2ccc(CCC(=O)O)cc2)cc1)S(C)(=O)=O. The number of anilines is 3. The molecule has 0 unspecified atom stereocenters. The molecule has 0 aromatic heterocycles. The highest BCUT2D eigenvalue weighted by atomic mass is 79.9. The summed E-state index contributed by atoms with van der Waals surface area (Å²) in [5, 5.41) is 15.3. The minimum atomic E-state index is -3.47. The number of carbonyl (C=O) groups excluding carboxylic acids is 1. The second-order valence-corrected chi connectivity index (χ2v) is 13.0. The van der Waals surface area contributed by atoms with Gasteiger partial charge >= 0.3 is 5.97 Å². The molecule has 0 aliphatic carbocycles. The highest BCUT2D eigenvalue weighted by Gasteiger charge is 2.29. The first-order valence-corrected chi connectivity index (χ1v) is 15.7. The van der Waals surface area contributed by atoms with E-state index >= 15 is 0 Å². The van der Waals surface area contributed by atoms with Crippen molar-refractivity contribution in [2.24, 2.45) is 0 Å². The average Bonchev–Trinajstić information content (AvgIpc) is 3.23. The molecule has 0 saturated carbocycles. The summed E-state index contributed by atoms with van der Waals surface area (Å²) in [6.07, 6.45) is 2.32. The van der Waals surface area contributed by atoms with Crippen molar-refractivity contribution in [3.8, 4) is 0 Å². The van der Waals surface area contributed by atoms with Gasteiger partial charge in [-0.2, -0.15) is 0 Å². The first-order valence-electron chi connectivity index (χ1n) is 13.1. The third kappa shape index (κ3) is 7.75. The summed E-state index contributed by atoms with van der Waals surface area (Å²) in [5.41, 5.74) is 5.33. The predicted octanol–water partition coefficient (Wildman–Crippen LogP) is 5.12. The van der Waals surface area contributed by atoms with Gasteiger partial charge in [-0.3, -0.25) is 13.9 Å². The quantitative estimate of drug-likeness (QED) is 0.235. The Balaban J connectivity index is 1.70. The maximum atomic E-state index is 13.2. The van der Waals surface area contributed by atoms with Crippen LogP contribution in [0.15, 0.2) is 71.2 Å². The van der Waals surface area contributed by atoms with Crippen molar-refractivity contribution in [1.29, 1.82) is 0 Å². The average molecular weight is 642 g/mol. The largest absolute Gasteiger partial charge is 0.481 e. The van der Waals surface area contributed by atoms with Crippen LogP contribution in [-0.2, 0) is 26.0 Å². The zero-order chi connectivity index (χ0) is 29.7. The summed E-state index contributed by atoms with van der Waals surface area (Å²) in [6, 6.07) is 20.1. The van der Waals surface area contributed by atoms with Crippen LogP contribution < -0.4 is 14.9 Å². The van der Waals surface area contributed by atoms with Crippen LogP contribution in [0.3, 0.4) is 0 Å². The Bertz CT molecular complexity index is 1570. The van der Waals surface area contributed by atoms with E-state index in [1.807, 2.05) is 61.5 Å². The Hall–Kier alpha value is -3.67. The van der Waals surface area contributed by atoms with Crippen molar-refractivity contribution in [3.05, 3.63) is 87.9 Å². The Morgan fingerprint density at radius 2 is 1.68 bits per heavy atom. The number of nitrogens with one attached hydrogen (secondary N) is 2. The van der Waals surface area contributed by atoms with E-state index in [2.05, 4.69) is 26.6 Å². The predicted molar refractivity (Wildman–Crippen MR) is 167 cm³/mol. The van der Waals surface area contributed by atoms with E-state index in [0.29, 0.717) is 47.7 Å². The van der Waals surface area contributed by atoms with Gasteiger partial charge in [0.25, 0.3) is 5.91 Å². The third-order valence-corrected chi connectivity index (χ3v) is 8.33. The number of sulfonamides is 1. The molecule has 0 spiro atoms. The van der Waals surface area contributed by atoms with Gasteiger partial charge in [0, 0.05) is 28.7 Å². The number of nitrogens with zero attached hydrogens (tertiary/aromatic N) is 2. The first-order chi connectivity index (χ1) is 19.4. The van der Waals surface area contributed by atoms with E-state index in [1.165, 1.54) is 10.6 Å². The maximum Gasteiger partial charge on any atom is 0.303 e. The lowest BCUT2D eigenvalue weighted by Gasteiger charge is -2.24. The van der Waals surface area contributed by atoms with Crippen LogP contribution in [0.4, 0.5) is 17.1 Å². The minimum Gasteiger partial charge on any atom is -0.481 e. The van der Waals surface area contributed by atoms with Crippen LogP contribution in [0.5, 0.6) is 0 Å². The Morgan fingerprint density at radius 1 is 1.00 bits per heavy atom. The molecule has 0 saturated heterocycles. The molecular weight excluding hydrogens is 608 g/mol. The van der Waals surface area contributed by atoms with E-state index in [9.17, 15) is 18.0 Å². The van der Waals surface area contributed by atoms with Gasteiger partial charge in [0.1, 0.15) is 0 Å². The zero-order valence-corrected chi connectivity index (χ0v) is 25.5. The zero-order valence-electron chi connectivity index (χ0n) is 23.1. The molecule has 9 nitrogen and oxygen atoms in total. The fourth-order valence-electron chi connectivity index (χ4n) is 4.63. The lowest BCUT2D eigenvalue weighted by molar-refractivity contribution is -0.137. The molecule has 41 heavy (non-hydrogen) atoms. The summed E-state index contributed by atoms with van der Waals surface area (Å²) < 4.78 is 27.3. The number of hydrogen-bond donors (Lipinski definition) is 3. The fourth-order valence-corrected chi connectivity index (χ4v) is 5.96. The summed E-state index contributed by atoms with van der Waals surface area (Å²) in [7, 11) is 0.420. The van der Waals surface area contributed by atoms with Crippen LogP contribution in [0.25, 0.3) is 11.3 Å². The highest BCUT2D eigenvalue weighted by molar-refractivity contribution is 9.10. The molecule has 4 rings (SSSR count). The number of amides is 1. The summed E-state index contributed by atoms with van der Waals surface area (Å²) in [5.74, 6) is -1.11. The molecule has 11 heteroatoms. The van der Waals surface area contributed by atoms with E-state index < -0.39 is 16.0 Å². The lowest BCUT2D eigenvalue weighted by atomic mass is 9.98. The number of aliphatic carboxylic acids is 1. The van der Waals surface area contributed by atoms with Gasteiger partial charge in [0.15, 0.2) is 0 Å². The van der Waals surface area contributed by atoms with Crippen LogP contribution in [-0.4, -0.2) is 63.7 Å². The second kappa shape index (κ2) is 12.9. The molecule has 3 aromatic rings. The molecule has 0 atom stereocenters. The van der Waals surface area contributed by atoms with Gasteiger partial charge in [-0.25, -0.2) is 8.42 Å². The molecule has 1 aliphatic rings. The van der Waals surface area contributed by atoms with Crippen molar-refractivity contribution in [3.63, 3.8) is 0 Å². The molecule has 1 aliphatic heterocycles. The van der Waals surface area contributed by atoms with Gasteiger partial charge in [-0.1, -0.05) is 46.3 Å². The highest BCUT2D eigenvalue weighted by Crippen LogP contribution is 2.39. The van der Waals surface area contributed by atoms with Crippen molar-refractivity contribution >= 4 is 66.2 Å². The van der Waals surface area contributed by atoms with E-state index in [0.717, 1.165) is 27.7 Å². The van der Waals surface area contributed by atoms with Gasteiger partial charge in [-0.05, 0) is 81.0 Å². The maximum absolute atomic E-state index is 13.2. The fraction of sp³-hybridized carbons (Fsp3) is 0.267. The number of rotatable bonds is 12. The number of carbonyl (C=O) groups is 2. The molecule has 0 radical (unpaired) electrons. The second-order valence-electron chi connectivity index (χ2n) is 10.1. The topological polar surface area (TPSA) is 119 Å². The third-order valence-electron chi connectivity index (χ3n) is 6.64. The van der Waals surface area contributed by atoms with Crippen molar-refractivity contribution in [2.75, 3.05) is 48.4 Å². The van der Waals surface area contributed by atoms with Crippen LogP contribution in [0.1, 0.15) is 29.5 Å². The smallest absolute Gasteiger partial charge is 0.303 e. The van der Waals surface area contributed by atoms with E-state index in [1.54, 1.807) is 24.3 Å². The lowest BCUT2D eigenvalue weighted by Crippen LogP contribution is -2.32. The number of carboxylic acids is 1. The van der Waals surface area contributed by atoms with E-state index in [4.69, 9.17) is 5.11 Å². The number of carboxylic acid groups (broad SMARTS) is 1. The van der Waals surface area contributed by atoms with Crippen molar-refractivity contribution in [2.45, 2.75) is 19.3 Å². The Labute approximate surface area is 249 Å². The minimum absolute atomic E-state index is 0.0300. The monoisotopic (exact) mass is 640 g/mol. The number of halogens is 1. The molecular formula is C30H33BrN4O5S. The Kier molecular flexibility index (Phi) is 9.52. The summed E-state index contributed by atoms with van der Waals surface area (Å²) in [4.78, 5) is 26.2. The summed E-state index contributed by atoms with van der Waals surface area (Å²) in [6.45, 7) is 1.12. The van der Waals surface area contributed by atoms with Crippen LogP contribution in [0.2, 0.25) is 0 Å². The van der Waals surface area contributed by atoms with E-state index in [-0.39, 0.29) is 12.3 Å². The Morgan fingerprint density at radius 3 is 2.29 bits per heavy atom. The summed E-state index contributed by atoms with van der Waals surface area (Å²) >= 11 is 3.45. The molecule has 216 valence electrons. The molecule has 1 heterocycles. The van der Waals surface area contributed by atoms with Crippen molar-refractivity contribution < 1.29 is 23.1 Å². The molecule has 0 fully saturated rings. The standard InChI is InChI=1S/C30H33BrN4O5S/c1-34(2)17-4-18-35(41(3,39)40)24-13-11-23(12-14-24)32-29(21-8-5-20(6-9-21)7-16-27(36)37)28-25-15-10-22(31)19-26(25)33-30(28)38/h5-6,8-15,19,32H,4,7,16-18H2,1-3H3,(H,33,38)(H,36,37). The van der Waals surface area contributed by atoms with Gasteiger partial charge in [0.2, 0.25) is 10.0 Å². The van der Waals surface area contributed by atoms with Crippen molar-refractivity contribution in [1.82, 2.24) is 4.90 Å². The number of fused-ring (bicyclic) bond motifs is 1. The molecule has 0 bridgehead atoms. The number of benzene rings is 3. The first kappa shape index (κ1) is 30.3.